The fourth-order valence-corrected chi connectivity index (χ4v) is 3.26. The number of benzene rings is 1. The van der Waals surface area contributed by atoms with Crippen LogP contribution < -0.4 is 4.90 Å². The van der Waals surface area contributed by atoms with E-state index in [4.69, 9.17) is 0 Å². The number of anilines is 1. The molecule has 0 radical (unpaired) electrons. The first-order chi connectivity index (χ1) is 8.83. The van der Waals surface area contributed by atoms with Crippen molar-refractivity contribution >= 4 is 5.69 Å². The van der Waals surface area contributed by atoms with Crippen molar-refractivity contribution in [2.45, 2.75) is 31.7 Å². The second-order valence-corrected chi connectivity index (χ2v) is 5.48. The molecule has 0 spiro atoms. The molecule has 1 aromatic rings. The van der Waals surface area contributed by atoms with Crippen LogP contribution in [0.15, 0.2) is 24.3 Å². The van der Waals surface area contributed by atoms with E-state index >= 15 is 0 Å². The Kier molecular flexibility index (Phi) is 3.41. The number of phenols is 1. The van der Waals surface area contributed by atoms with Gasteiger partial charge in [0.15, 0.2) is 0 Å². The molecule has 0 saturated carbocycles. The molecule has 0 unspecified atom stereocenters. The zero-order valence-electron chi connectivity index (χ0n) is 10.9. The highest BCUT2D eigenvalue weighted by atomic mass is 16.3. The van der Waals surface area contributed by atoms with E-state index in [1.54, 1.807) is 12.1 Å². The van der Waals surface area contributed by atoms with Gasteiger partial charge in [-0.3, -0.25) is 0 Å². The minimum absolute atomic E-state index is 0.353. The largest absolute Gasteiger partial charge is 0.508 e. The Labute approximate surface area is 109 Å². The zero-order valence-corrected chi connectivity index (χ0v) is 10.9. The highest BCUT2D eigenvalue weighted by molar-refractivity contribution is 5.49. The van der Waals surface area contributed by atoms with Gasteiger partial charge in [0.25, 0.3) is 0 Å². The van der Waals surface area contributed by atoms with Crippen molar-refractivity contribution in [3.63, 3.8) is 0 Å². The molecule has 2 aliphatic heterocycles. The number of phenolic OH excluding ortho intramolecular Hbond substituents is 1. The Hall–Kier alpha value is -1.22. The van der Waals surface area contributed by atoms with E-state index in [0.29, 0.717) is 5.75 Å². The molecule has 0 aromatic heterocycles. The molecule has 3 rings (SSSR count). The second-order valence-electron chi connectivity index (χ2n) is 5.48. The van der Waals surface area contributed by atoms with E-state index in [0.717, 1.165) is 19.1 Å². The first-order valence-corrected chi connectivity index (χ1v) is 7.11. The quantitative estimate of drug-likeness (QED) is 0.868. The normalized spacial score (nSPS) is 22.6. The van der Waals surface area contributed by atoms with Gasteiger partial charge in [-0.25, -0.2) is 0 Å². The predicted molar refractivity (Wildman–Crippen MR) is 74.1 cm³/mol. The van der Waals surface area contributed by atoms with Gasteiger partial charge in [0.2, 0.25) is 0 Å². The molecule has 2 saturated heterocycles. The van der Waals surface area contributed by atoms with E-state index in [-0.39, 0.29) is 0 Å². The van der Waals surface area contributed by atoms with Crippen LogP contribution >= 0.6 is 0 Å². The summed E-state index contributed by atoms with van der Waals surface area (Å²) in [5.74, 6) is 0.353. The van der Waals surface area contributed by atoms with E-state index < -0.39 is 0 Å². The van der Waals surface area contributed by atoms with Crippen LogP contribution in [0.5, 0.6) is 5.75 Å². The fraction of sp³-hybridized carbons (Fsp3) is 0.600. The maximum Gasteiger partial charge on any atom is 0.115 e. The highest BCUT2D eigenvalue weighted by Gasteiger charge is 2.26. The lowest BCUT2D eigenvalue weighted by molar-refractivity contribution is 0.208. The lowest BCUT2D eigenvalue weighted by Crippen LogP contribution is -2.43. The van der Waals surface area contributed by atoms with Gasteiger partial charge >= 0.3 is 0 Å². The maximum absolute atomic E-state index is 9.32. The molecule has 3 nitrogen and oxygen atoms in total. The Bertz CT molecular complexity index is 376. The molecule has 0 atom stereocenters. The topological polar surface area (TPSA) is 26.7 Å². The summed E-state index contributed by atoms with van der Waals surface area (Å²) in [7, 11) is 0. The van der Waals surface area contributed by atoms with Crippen molar-refractivity contribution in [2.24, 2.45) is 0 Å². The van der Waals surface area contributed by atoms with Crippen LogP contribution in [-0.4, -0.2) is 42.2 Å². The molecule has 1 N–H and O–H groups in total. The maximum atomic E-state index is 9.32. The van der Waals surface area contributed by atoms with E-state index in [9.17, 15) is 5.11 Å². The Morgan fingerprint density at radius 2 is 1.50 bits per heavy atom. The first kappa shape index (κ1) is 11.8. The molecule has 18 heavy (non-hydrogen) atoms. The van der Waals surface area contributed by atoms with Gasteiger partial charge in [-0.15, -0.1) is 0 Å². The van der Waals surface area contributed by atoms with Crippen molar-refractivity contribution in [3.05, 3.63) is 24.3 Å². The summed E-state index contributed by atoms with van der Waals surface area (Å²) in [5.41, 5.74) is 1.24. The van der Waals surface area contributed by atoms with Crippen LogP contribution in [-0.2, 0) is 0 Å². The summed E-state index contributed by atoms with van der Waals surface area (Å²) in [6, 6.07) is 8.40. The van der Waals surface area contributed by atoms with Gasteiger partial charge in [-0.1, -0.05) is 0 Å². The molecular weight excluding hydrogens is 224 g/mol. The molecule has 0 aliphatic carbocycles. The number of aromatic hydroxyl groups is 1. The lowest BCUT2D eigenvalue weighted by Gasteiger charge is -2.37. The second kappa shape index (κ2) is 5.19. The zero-order chi connectivity index (χ0) is 12.4. The van der Waals surface area contributed by atoms with Crippen LogP contribution in [0, 0.1) is 0 Å². The highest BCUT2D eigenvalue weighted by Crippen LogP contribution is 2.25. The molecule has 2 aliphatic rings. The van der Waals surface area contributed by atoms with Crippen molar-refractivity contribution in [2.75, 3.05) is 31.1 Å². The number of nitrogens with zero attached hydrogens (tertiary/aromatic N) is 2. The fourth-order valence-electron chi connectivity index (χ4n) is 3.26. The van der Waals surface area contributed by atoms with Gasteiger partial charge in [0.1, 0.15) is 5.75 Å². The van der Waals surface area contributed by atoms with Crippen LogP contribution in [0.3, 0.4) is 0 Å². The third kappa shape index (κ3) is 2.46. The summed E-state index contributed by atoms with van der Waals surface area (Å²) in [4.78, 5) is 5.11. The van der Waals surface area contributed by atoms with Crippen LogP contribution in [0.25, 0.3) is 0 Å². The standard InChI is InChI=1S/C15H22N2O/c18-15-5-3-13(4-6-15)17-11-7-14(8-12-17)16-9-1-2-10-16/h3-6,14,18H,1-2,7-12H2. The average molecular weight is 246 g/mol. The number of hydrogen-bond acceptors (Lipinski definition) is 3. The summed E-state index contributed by atoms with van der Waals surface area (Å²) >= 11 is 0. The number of rotatable bonds is 2. The molecular formula is C15H22N2O. The first-order valence-electron chi connectivity index (χ1n) is 7.11. The Morgan fingerprint density at radius 1 is 0.889 bits per heavy atom. The van der Waals surface area contributed by atoms with Crippen LogP contribution in [0.2, 0.25) is 0 Å². The van der Waals surface area contributed by atoms with Crippen molar-refractivity contribution in [1.82, 2.24) is 4.90 Å². The minimum Gasteiger partial charge on any atom is -0.508 e. The summed E-state index contributed by atoms with van der Waals surface area (Å²) in [6.07, 6.45) is 5.33. The molecule has 2 fully saturated rings. The number of piperidine rings is 1. The molecule has 2 heterocycles. The minimum atomic E-state index is 0.353. The van der Waals surface area contributed by atoms with Gasteiger partial charge in [0.05, 0.1) is 0 Å². The van der Waals surface area contributed by atoms with Gasteiger partial charge < -0.3 is 14.9 Å². The average Bonchev–Trinajstić information content (AvgIpc) is 2.94. The molecule has 3 heteroatoms. The van der Waals surface area contributed by atoms with E-state index in [2.05, 4.69) is 9.80 Å². The van der Waals surface area contributed by atoms with Crippen molar-refractivity contribution in [3.8, 4) is 5.75 Å². The summed E-state index contributed by atoms with van der Waals surface area (Å²) in [6.45, 7) is 4.91. The lowest BCUT2D eigenvalue weighted by atomic mass is 10.0. The Balaban J connectivity index is 1.57. The number of hydrogen-bond donors (Lipinski definition) is 1. The monoisotopic (exact) mass is 246 g/mol. The van der Waals surface area contributed by atoms with Crippen molar-refractivity contribution in [1.29, 1.82) is 0 Å². The van der Waals surface area contributed by atoms with E-state index in [1.807, 2.05) is 12.1 Å². The van der Waals surface area contributed by atoms with E-state index in [1.165, 1.54) is 44.5 Å². The molecule has 0 bridgehead atoms. The molecule has 1 aromatic carbocycles. The summed E-state index contributed by atoms with van der Waals surface area (Å²) in [5, 5.41) is 9.32. The summed E-state index contributed by atoms with van der Waals surface area (Å²) < 4.78 is 0. The third-order valence-electron chi connectivity index (χ3n) is 4.34. The van der Waals surface area contributed by atoms with Crippen LogP contribution in [0.4, 0.5) is 5.69 Å². The van der Waals surface area contributed by atoms with Gasteiger partial charge in [-0.05, 0) is 63.0 Å². The SMILES string of the molecule is Oc1ccc(N2CCC(N3CCCC3)CC2)cc1. The number of likely N-dealkylation sites (tertiary alicyclic amines) is 1. The smallest absolute Gasteiger partial charge is 0.115 e. The van der Waals surface area contributed by atoms with Crippen LogP contribution in [0.1, 0.15) is 25.7 Å². The molecule has 98 valence electrons. The van der Waals surface area contributed by atoms with Gasteiger partial charge in [0, 0.05) is 24.8 Å². The third-order valence-corrected chi connectivity index (χ3v) is 4.34. The van der Waals surface area contributed by atoms with Gasteiger partial charge in [-0.2, -0.15) is 0 Å². The predicted octanol–water partition coefficient (Wildman–Crippen LogP) is 2.46. The van der Waals surface area contributed by atoms with Crippen molar-refractivity contribution < 1.29 is 5.11 Å². The Morgan fingerprint density at radius 3 is 2.11 bits per heavy atom. The molecule has 0 amide bonds.